The van der Waals surface area contributed by atoms with Crippen molar-refractivity contribution in [2.24, 2.45) is 5.73 Å². The molecule has 0 unspecified atom stereocenters. The van der Waals surface area contributed by atoms with Crippen LogP contribution in [0.3, 0.4) is 0 Å². The predicted octanol–water partition coefficient (Wildman–Crippen LogP) is 1.07. The second-order valence-corrected chi connectivity index (χ2v) is 4.25. The number of aromatic nitrogens is 2. The average molecular weight is 208 g/mol. The molecule has 0 spiro atoms. The van der Waals surface area contributed by atoms with E-state index in [9.17, 15) is 0 Å². The van der Waals surface area contributed by atoms with Gasteiger partial charge in [-0.3, -0.25) is 10.00 Å². The summed E-state index contributed by atoms with van der Waals surface area (Å²) in [5.41, 5.74) is 8.01. The summed E-state index contributed by atoms with van der Waals surface area (Å²) in [6.07, 6.45) is 2.62. The van der Waals surface area contributed by atoms with Crippen molar-refractivity contribution in [1.82, 2.24) is 15.1 Å². The molecule has 1 aliphatic carbocycles. The first kappa shape index (κ1) is 10.6. The first-order chi connectivity index (χ1) is 7.33. The van der Waals surface area contributed by atoms with Gasteiger partial charge in [0.15, 0.2) is 0 Å². The van der Waals surface area contributed by atoms with Crippen molar-refractivity contribution >= 4 is 0 Å². The molecule has 3 N–H and O–H groups in total. The molecular formula is C11H20N4. The third-order valence-electron chi connectivity index (χ3n) is 2.93. The molecular weight excluding hydrogens is 188 g/mol. The number of nitrogens with one attached hydrogen (secondary N) is 1. The number of hydrogen-bond acceptors (Lipinski definition) is 3. The molecule has 1 aliphatic rings. The molecule has 4 heteroatoms. The first-order valence-electron chi connectivity index (χ1n) is 5.80. The topological polar surface area (TPSA) is 57.9 Å². The monoisotopic (exact) mass is 208 g/mol. The van der Waals surface area contributed by atoms with E-state index in [0.29, 0.717) is 0 Å². The van der Waals surface area contributed by atoms with Crippen molar-refractivity contribution in [2.75, 3.05) is 19.6 Å². The van der Waals surface area contributed by atoms with Crippen LogP contribution in [0.4, 0.5) is 0 Å². The second-order valence-electron chi connectivity index (χ2n) is 4.25. The van der Waals surface area contributed by atoms with Crippen LogP contribution in [0.5, 0.6) is 0 Å². The molecule has 1 saturated carbocycles. The molecule has 0 aliphatic heterocycles. The highest BCUT2D eigenvalue weighted by Crippen LogP contribution is 2.39. The van der Waals surface area contributed by atoms with E-state index < -0.39 is 0 Å². The minimum atomic E-state index is 0.720. The van der Waals surface area contributed by atoms with Crippen LogP contribution in [0, 0.1) is 0 Å². The first-order valence-corrected chi connectivity index (χ1v) is 5.80. The summed E-state index contributed by atoms with van der Waals surface area (Å²) < 4.78 is 0. The van der Waals surface area contributed by atoms with Crippen LogP contribution in [-0.4, -0.2) is 34.7 Å². The van der Waals surface area contributed by atoms with Gasteiger partial charge in [0.05, 0.1) is 5.69 Å². The number of likely N-dealkylation sites (N-methyl/N-ethyl adjacent to an activating group) is 1. The van der Waals surface area contributed by atoms with Gasteiger partial charge in [0.2, 0.25) is 0 Å². The van der Waals surface area contributed by atoms with Crippen molar-refractivity contribution in [3.05, 3.63) is 17.5 Å². The van der Waals surface area contributed by atoms with Gasteiger partial charge >= 0.3 is 0 Å². The van der Waals surface area contributed by atoms with Crippen LogP contribution in [0.15, 0.2) is 6.07 Å². The predicted molar refractivity (Wildman–Crippen MR) is 60.6 cm³/mol. The lowest BCUT2D eigenvalue weighted by Crippen LogP contribution is -2.28. The fourth-order valence-corrected chi connectivity index (χ4v) is 1.82. The minimum Gasteiger partial charge on any atom is -0.329 e. The summed E-state index contributed by atoms with van der Waals surface area (Å²) in [7, 11) is 0. The molecule has 0 radical (unpaired) electrons. The minimum absolute atomic E-state index is 0.720. The largest absolute Gasteiger partial charge is 0.329 e. The lowest BCUT2D eigenvalue weighted by molar-refractivity contribution is 0.284. The average Bonchev–Trinajstić information content (AvgIpc) is 2.99. The smallest absolute Gasteiger partial charge is 0.0656 e. The maximum atomic E-state index is 5.55. The number of nitrogens with two attached hydrogens (primary N) is 1. The Labute approximate surface area is 90.8 Å². The van der Waals surface area contributed by atoms with Gasteiger partial charge in [-0.05, 0) is 25.5 Å². The van der Waals surface area contributed by atoms with Crippen molar-refractivity contribution in [2.45, 2.75) is 32.2 Å². The third kappa shape index (κ3) is 2.79. The summed E-state index contributed by atoms with van der Waals surface area (Å²) in [6, 6.07) is 2.21. The standard InChI is InChI=1S/C11H20N4/c1-2-15(6-5-12)8-10-7-11(14-13-10)9-3-4-9/h7,9H,2-6,8,12H2,1H3,(H,13,14). The van der Waals surface area contributed by atoms with Crippen LogP contribution in [0.2, 0.25) is 0 Å². The molecule has 0 amide bonds. The Morgan fingerprint density at radius 2 is 2.40 bits per heavy atom. The van der Waals surface area contributed by atoms with Crippen molar-refractivity contribution in [3.63, 3.8) is 0 Å². The summed E-state index contributed by atoms with van der Waals surface area (Å²) in [4.78, 5) is 2.32. The lowest BCUT2D eigenvalue weighted by atomic mass is 10.2. The molecule has 0 atom stereocenters. The second kappa shape index (κ2) is 4.77. The van der Waals surface area contributed by atoms with E-state index >= 15 is 0 Å². The van der Waals surface area contributed by atoms with E-state index in [0.717, 1.165) is 32.1 Å². The SMILES string of the molecule is CCN(CCN)Cc1cc(C2CC2)n[nH]1. The molecule has 15 heavy (non-hydrogen) atoms. The molecule has 1 fully saturated rings. The molecule has 1 aromatic rings. The van der Waals surface area contributed by atoms with Crippen molar-refractivity contribution in [3.8, 4) is 0 Å². The van der Waals surface area contributed by atoms with E-state index in [1.54, 1.807) is 0 Å². The van der Waals surface area contributed by atoms with Crippen LogP contribution in [0.1, 0.15) is 37.1 Å². The van der Waals surface area contributed by atoms with Crippen LogP contribution in [-0.2, 0) is 6.54 Å². The molecule has 1 heterocycles. The van der Waals surface area contributed by atoms with E-state index in [2.05, 4.69) is 28.1 Å². The maximum Gasteiger partial charge on any atom is 0.0656 e. The summed E-state index contributed by atoms with van der Waals surface area (Å²) in [5, 5.41) is 7.46. The zero-order valence-corrected chi connectivity index (χ0v) is 9.37. The fraction of sp³-hybridized carbons (Fsp3) is 0.727. The number of nitrogens with zero attached hydrogens (tertiary/aromatic N) is 2. The number of aromatic amines is 1. The zero-order valence-electron chi connectivity index (χ0n) is 9.37. The van der Waals surface area contributed by atoms with E-state index in [1.165, 1.54) is 24.2 Å². The molecule has 0 saturated heterocycles. The van der Waals surface area contributed by atoms with E-state index in [-0.39, 0.29) is 0 Å². The number of H-pyrrole nitrogens is 1. The van der Waals surface area contributed by atoms with Crippen LogP contribution < -0.4 is 5.73 Å². The molecule has 0 aromatic carbocycles. The Bertz CT molecular complexity index is 303. The highest BCUT2D eigenvalue weighted by molar-refractivity contribution is 5.17. The normalized spacial score (nSPS) is 16.2. The summed E-state index contributed by atoms with van der Waals surface area (Å²) in [5.74, 6) is 0.736. The molecule has 1 aromatic heterocycles. The van der Waals surface area contributed by atoms with Crippen LogP contribution >= 0.6 is 0 Å². The van der Waals surface area contributed by atoms with Gasteiger partial charge in [0, 0.05) is 31.2 Å². The molecule has 84 valence electrons. The number of rotatable bonds is 6. The Morgan fingerprint density at radius 1 is 1.60 bits per heavy atom. The van der Waals surface area contributed by atoms with Gasteiger partial charge in [-0.25, -0.2) is 0 Å². The number of hydrogen-bond donors (Lipinski definition) is 2. The highest BCUT2D eigenvalue weighted by Gasteiger charge is 2.26. The maximum absolute atomic E-state index is 5.55. The zero-order chi connectivity index (χ0) is 10.7. The lowest BCUT2D eigenvalue weighted by Gasteiger charge is -2.17. The van der Waals surface area contributed by atoms with Gasteiger partial charge in [-0.15, -0.1) is 0 Å². The van der Waals surface area contributed by atoms with Crippen molar-refractivity contribution < 1.29 is 0 Å². The molecule has 2 rings (SSSR count). The van der Waals surface area contributed by atoms with Gasteiger partial charge < -0.3 is 5.73 Å². The van der Waals surface area contributed by atoms with E-state index in [4.69, 9.17) is 5.73 Å². The Morgan fingerprint density at radius 3 is 3.00 bits per heavy atom. The summed E-state index contributed by atoms with van der Waals surface area (Å²) in [6.45, 7) is 5.81. The van der Waals surface area contributed by atoms with Gasteiger partial charge in [0.1, 0.15) is 0 Å². The van der Waals surface area contributed by atoms with Gasteiger partial charge in [0.25, 0.3) is 0 Å². The fourth-order valence-electron chi connectivity index (χ4n) is 1.82. The Balaban J connectivity index is 1.90. The van der Waals surface area contributed by atoms with E-state index in [1.807, 2.05) is 0 Å². The third-order valence-corrected chi connectivity index (χ3v) is 2.93. The quantitative estimate of drug-likeness (QED) is 0.735. The van der Waals surface area contributed by atoms with Crippen molar-refractivity contribution in [1.29, 1.82) is 0 Å². The Kier molecular flexibility index (Phi) is 3.38. The highest BCUT2D eigenvalue weighted by atomic mass is 15.2. The van der Waals surface area contributed by atoms with Crippen LogP contribution in [0.25, 0.3) is 0 Å². The summed E-state index contributed by atoms with van der Waals surface area (Å²) >= 11 is 0. The Hall–Kier alpha value is -0.870. The van der Waals surface area contributed by atoms with Gasteiger partial charge in [-0.2, -0.15) is 5.10 Å². The molecule has 4 nitrogen and oxygen atoms in total. The molecule has 0 bridgehead atoms. The van der Waals surface area contributed by atoms with Gasteiger partial charge in [-0.1, -0.05) is 6.92 Å².